The van der Waals surface area contributed by atoms with E-state index in [1.807, 2.05) is 31.2 Å². The van der Waals surface area contributed by atoms with Gasteiger partial charge in [0.2, 0.25) is 11.8 Å². The van der Waals surface area contributed by atoms with Crippen LogP contribution < -0.4 is 9.62 Å². The molecule has 3 aromatic rings. The molecule has 1 N–H and O–H groups in total. The molecule has 7 nitrogen and oxygen atoms in total. The van der Waals surface area contributed by atoms with Crippen molar-refractivity contribution in [1.29, 1.82) is 0 Å². The smallest absolute Gasteiger partial charge is 0.264 e. The van der Waals surface area contributed by atoms with E-state index in [1.54, 1.807) is 62.4 Å². The third kappa shape index (κ3) is 6.48. The van der Waals surface area contributed by atoms with Crippen LogP contribution in [0.1, 0.15) is 25.0 Å². The number of carbonyl (C=O) groups excluding carboxylic acids is 2. The van der Waals surface area contributed by atoms with Crippen molar-refractivity contribution in [2.45, 2.75) is 38.3 Å². The van der Waals surface area contributed by atoms with Gasteiger partial charge in [0.15, 0.2) is 0 Å². The van der Waals surface area contributed by atoms with Crippen molar-refractivity contribution in [2.75, 3.05) is 17.4 Å². The second-order valence-corrected chi connectivity index (χ2v) is 10.1. The molecule has 0 bridgehead atoms. The lowest BCUT2D eigenvalue weighted by Gasteiger charge is -2.32. The molecule has 0 spiro atoms. The number of rotatable bonds is 10. The van der Waals surface area contributed by atoms with Crippen LogP contribution in [0.2, 0.25) is 0 Å². The van der Waals surface area contributed by atoms with E-state index in [9.17, 15) is 18.0 Å². The standard InChI is InChI=1S/C27H31N3O4S/c1-4-28-27(32)22(3)29(19-23-17-15-21(2)16-18-23)26(31)20-30(24-11-7-5-8-12-24)35(33,34)25-13-9-6-10-14-25/h5-18,22H,4,19-20H2,1-3H3,(H,28,32). The first kappa shape index (κ1) is 26.0. The second-order valence-electron chi connectivity index (χ2n) is 8.24. The third-order valence-electron chi connectivity index (χ3n) is 5.65. The van der Waals surface area contributed by atoms with Crippen molar-refractivity contribution in [3.8, 4) is 0 Å². The van der Waals surface area contributed by atoms with Gasteiger partial charge < -0.3 is 10.2 Å². The van der Waals surface area contributed by atoms with Crippen LogP contribution in [0.25, 0.3) is 0 Å². The molecule has 0 saturated heterocycles. The third-order valence-corrected chi connectivity index (χ3v) is 7.43. The number of anilines is 1. The minimum Gasteiger partial charge on any atom is -0.355 e. The van der Waals surface area contributed by atoms with E-state index >= 15 is 0 Å². The summed E-state index contributed by atoms with van der Waals surface area (Å²) in [7, 11) is -4.03. The Morgan fingerprint density at radius 3 is 2.03 bits per heavy atom. The van der Waals surface area contributed by atoms with Crippen LogP contribution >= 0.6 is 0 Å². The molecule has 0 aliphatic carbocycles. The van der Waals surface area contributed by atoms with Gasteiger partial charge in [-0.1, -0.05) is 66.2 Å². The number of nitrogens with zero attached hydrogens (tertiary/aromatic N) is 2. The molecule has 35 heavy (non-hydrogen) atoms. The maximum absolute atomic E-state index is 13.7. The normalized spacial score (nSPS) is 12.0. The Hall–Kier alpha value is -3.65. The molecule has 2 amide bonds. The van der Waals surface area contributed by atoms with Gasteiger partial charge in [0.25, 0.3) is 10.0 Å². The molecule has 0 heterocycles. The average molecular weight is 494 g/mol. The van der Waals surface area contributed by atoms with Crippen LogP contribution in [0.3, 0.4) is 0 Å². The maximum atomic E-state index is 13.7. The number of amides is 2. The van der Waals surface area contributed by atoms with Gasteiger partial charge >= 0.3 is 0 Å². The van der Waals surface area contributed by atoms with E-state index in [4.69, 9.17) is 0 Å². The highest BCUT2D eigenvalue weighted by atomic mass is 32.2. The largest absolute Gasteiger partial charge is 0.355 e. The highest BCUT2D eigenvalue weighted by Gasteiger charge is 2.32. The molecule has 0 aliphatic rings. The van der Waals surface area contributed by atoms with Crippen LogP contribution in [0, 0.1) is 6.92 Å². The number of aryl methyl sites for hydroxylation is 1. The summed E-state index contributed by atoms with van der Waals surface area (Å²) in [5, 5.41) is 2.75. The number of likely N-dealkylation sites (N-methyl/N-ethyl adjacent to an activating group) is 1. The zero-order chi connectivity index (χ0) is 25.4. The average Bonchev–Trinajstić information content (AvgIpc) is 2.87. The zero-order valence-electron chi connectivity index (χ0n) is 20.2. The Labute approximate surface area is 207 Å². The van der Waals surface area contributed by atoms with E-state index in [0.717, 1.165) is 15.4 Å². The summed E-state index contributed by atoms with van der Waals surface area (Å²) in [6.45, 7) is 5.57. The lowest BCUT2D eigenvalue weighted by Crippen LogP contribution is -2.51. The molecule has 8 heteroatoms. The number of benzene rings is 3. The number of hydrogen-bond acceptors (Lipinski definition) is 4. The Morgan fingerprint density at radius 1 is 0.886 bits per heavy atom. The highest BCUT2D eigenvalue weighted by Crippen LogP contribution is 2.24. The van der Waals surface area contributed by atoms with Gasteiger partial charge in [-0.2, -0.15) is 0 Å². The van der Waals surface area contributed by atoms with E-state index in [2.05, 4.69) is 5.32 Å². The molecule has 0 fully saturated rings. The van der Waals surface area contributed by atoms with Crippen molar-refractivity contribution >= 4 is 27.5 Å². The minimum absolute atomic E-state index is 0.0820. The molecule has 0 radical (unpaired) electrons. The SMILES string of the molecule is CCNC(=O)C(C)N(Cc1ccc(C)cc1)C(=O)CN(c1ccccc1)S(=O)(=O)c1ccccc1. The fourth-order valence-corrected chi connectivity index (χ4v) is 5.07. The topological polar surface area (TPSA) is 86.8 Å². The van der Waals surface area contributed by atoms with Gasteiger partial charge in [0.05, 0.1) is 10.6 Å². The molecule has 0 aromatic heterocycles. The Balaban J connectivity index is 1.98. The predicted molar refractivity (Wildman–Crippen MR) is 137 cm³/mol. The number of carbonyl (C=O) groups is 2. The monoisotopic (exact) mass is 493 g/mol. The van der Waals surface area contributed by atoms with Crippen molar-refractivity contribution in [3.63, 3.8) is 0 Å². The Kier molecular flexibility index (Phi) is 8.65. The molecular formula is C27H31N3O4S. The summed E-state index contributed by atoms with van der Waals surface area (Å²) < 4.78 is 28.2. The lowest BCUT2D eigenvalue weighted by atomic mass is 10.1. The molecule has 3 aromatic carbocycles. The number of hydrogen-bond donors (Lipinski definition) is 1. The van der Waals surface area contributed by atoms with E-state index in [1.165, 1.54) is 17.0 Å². The van der Waals surface area contributed by atoms with Crippen LogP contribution in [0.15, 0.2) is 89.8 Å². The summed E-state index contributed by atoms with van der Waals surface area (Å²) in [5.74, 6) is -0.780. The number of sulfonamides is 1. The number of nitrogens with one attached hydrogen (secondary N) is 1. The second kappa shape index (κ2) is 11.7. The van der Waals surface area contributed by atoms with Gasteiger partial charge in [-0.25, -0.2) is 8.42 Å². The van der Waals surface area contributed by atoms with E-state index in [0.29, 0.717) is 12.2 Å². The summed E-state index contributed by atoms with van der Waals surface area (Å²) in [4.78, 5) is 27.8. The Bertz CT molecular complexity index is 1230. The zero-order valence-corrected chi connectivity index (χ0v) is 21.0. The van der Waals surface area contributed by atoms with Crippen molar-refractivity contribution in [3.05, 3.63) is 96.1 Å². The Morgan fingerprint density at radius 2 is 1.46 bits per heavy atom. The van der Waals surface area contributed by atoms with Gasteiger partial charge in [0.1, 0.15) is 12.6 Å². The van der Waals surface area contributed by atoms with Crippen molar-refractivity contribution < 1.29 is 18.0 Å². The fourth-order valence-electron chi connectivity index (χ4n) is 3.64. The fraction of sp³-hybridized carbons (Fsp3) is 0.259. The molecule has 0 saturated carbocycles. The molecule has 184 valence electrons. The molecular weight excluding hydrogens is 462 g/mol. The van der Waals surface area contributed by atoms with Crippen molar-refractivity contribution in [2.24, 2.45) is 0 Å². The lowest BCUT2D eigenvalue weighted by molar-refractivity contribution is -0.139. The molecule has 1 atom stereocenters. The minimum atomic E-state index is -4.03. The molecule has 1 unspecified atom stereocenters. The van der Waals surface area contributed by atoms with Crippen molar-refractivity contribution in [1.82, 2.24) is 10.2 Å². The van der Waals surface area contributed by atoms with E-state index in [-0.39, 0.29) is 17.3 Å². The maximum Gasteiger partial charge on any atom is 0.264 e. The van der Waals surface area contributed by atoms with Crippen LogP contribution in [-0.4, -0.2) is 44.3 Å². The van der Waals surface area contributed by atoms with Gasteiger partial charge in [-0.3, -0.25) is 13.9 Å². The van der Waals surface area contributed by atoms with Crippen LogP contribution in [-0.2, 0) is 26.2 Å². The van der Waals surface area contributed by atoms with Crippen LogP contribution in [0.4, 0.5) is 5.69 Å². The van der Waals surface area contributed by atoms with Gasteiger partial charge in [0, 0.05) is 13.1 Å². The van der Waals surface area contributed by atoms with Gasteiger partial charge in [-0.05, 0) is 50.6 Å². The molecule has 3 rings (SSSR count). The number of para-hydroxylation sites is 1. The summed E-state index contributed by atoms with van der Waals surface area (Å²) in [6.07, 6.45) is 0. The van der Waals surface area contributed by atoms with Gasteiger partial charge in [-0.15, -0.1) is 0 Å². The first-order valence-electron chi connectivity index (χ1n) is 11.5. The summed E-state index contributed by atoms with van der Waals surface area (Å²) >= 11 is 0. The van der Waals surface area contributed by atoms with E-state index < -0.39 is 28.5 Å². The highest BCUT2D eigenvalue weighted by molar-refractivity contribution is 7.92. The summed E-state index contributed by atoms with van der Waals surface area (Å²) in [5.41, 5.74) is 2.29. The predicted octanol–water partition coefficient (Wildman–Crippen LogP) is 3.74. The van der Waals surface area contributed by atoms with Crippen LogP contribution in [0.5, 0.6) is 0 Å². The molecule has 0 aliphatic heterocycles. The summed E-state index contributed by atoms with van der Waals surface area (Å²) in [6, 6.07) is 23.4. The quantitative estimate of drug-likeness (QED) is 0.466. The first-order chi connectivity index (χ1) is 16.7. The first-order valence-corrected chi connectivity index (χ1v) is 12.9.